The van der Waals surface area contributed by atoms with E-state index >= 15 is 0 Å². The maximum absolute atomic E-state index is 12.6. The van der Waals surface area contributed by atoms with E-state index in [1.54, 1.807) is 42.5 Å². The molecule has 188 valence electrons. The lowest BCUT2D eigenvalue weighted by Gasteiger charge is -2.22. The van der Waals surface area contributed by atoms with Crippen molar-refractivity contribution in [1.82, 2.24) is 15.1 Å². The fourth-order valence-electron chi connectivity index (χ4n) is 3.83. The summed E-state index contributed by atoms with van der Waals surface area (Å²) in [5.41, 5.74) is 1.57. The molecule has 0 spiro atoms. The Morgan fingerprint density at radius 2 is 1.69 bits per heavy atom. The molecular formula is C26H31Cl3N4O2. The second kappa shape index (κ2) is 14.3. The van der Waals surface area contributed by atoms with Gasteiger partial charge in [-0.15, -0.1) is 0 Å². The highest BCUT2D eigenvalue weighted by molar-refractivity contribution is 6.42. The van der Waals surface area contributed by atoms with Gasteiger partial charge in [0.05, 0.1) is 10.0 Å². The van der Waals surface area contributed by atoms with Crippen molar-refractivity contribution in [2.75, 3.05) is 44.6 Å². The first-order valence-corrected chi connectivity index (χ1v) is 13.0. The van der Waals surface area contributed by atoms with E-state index in [0.29, 0.717) is 28.2 Å². The minimum absolute atomic E-state index is 0.0712. The van der Waals surface area contributed by atoms with E-state index in [0.717, 1.165) is 63.1 Å². The van der Waals surface area contributed by atoms with Crippen molar-refractivity contribution >= 4 is 58.5 Å². The van der Waals surface area contributed by atoms with E-state index in [1.807, 2.05) is 11.0 Å². The van der Waals surface area contributed by atoms with Crippen LogP contribution in [-0.4, -0.2) is 61.0 Å². The van der Waals surface area contributed by atoms with Gasteiger partial charge in [0.1, 0.15) is 0 Å². The summed E-state index contributed by atoms with van der Waals surface area (Å²) in [5, 5.41) is 7.45. The molecule has 0 saturated carbocycles. The molecule has 3 rings (SSSR count). The van der Waals surface area contributed by atoms with E-state index in [2.05, 4.69) is 15.5 Å². The Balaban J connectivity index is 1.27. The number of benzene rings is 2. The Labute approximate surface area is 222 Å². The van der Waals surface area contributed by atoms with Gasteiger partial charge < -0.3 is 20.4 Å². The molecule has 1 saturated heterocycles. The first-order chi connectivity index (χ1) is 16.9. The monoisotopic (exact) mass is 536 g/mol. The predicted molar refractivity (Wildman–Crippen MR) is 145 cm³/mol. The highest BCUT2D eigenvalue weighted by Crippen LogP contribution is 2.23. The first kappa shape index (κ1) is 27.3. The normalized spacial score (nSPS) is 14.7. The van der Waals surface area contributed by atoms with Crippen molar-refractivity contribution < 1.29 is 9.59 Å². The molecule has 0 unspecified atom stereocenters. The molecule has 0 atom stereocenters. The van der Waals surface area contributed by atoms with Gasteiger partial charge in [-0.05, 0) is 80.4 Å². The lowest BCUT2D eigenvalue weighted by Crippen LogP contribution is -2.38. The summed E-state index contributed by atoms with van der Waals surface area (Å²) in [5.74, 6) is -0.124. The minimum Gasteiger partial charge on any atom is -0.353 e. The van der Waals surface area contributed by atoms with Crippen LogP contribution in [0, 0.1) is 0 Å². The fourth-order valence-corrected chi connectivity index (χ4v) is 4.26. The summed E-state index contributed by atoms with van der Waals surface area (Å²) in [6.07, 6.45) is 7.20. The Morgan fingerprint density at radius 1 is 0.886 bits per heavy atom. The van der Waals surface area contributed by atoms with Crippen LogP contribution in [0.2, 0.25) is 15.1 Å². The maximum atomic E-state index is 12.6. The molecule has 2 aromatic carbocycles. The quantitative estimate of drug-likeness (QED) is 0.296. The van der Waals surface area contributed by atoms with Gasteiger partial charge in [-0.25, -0.2) is 4.79 Å². The lowest BCUT2D eigenvalue weighted by molar-refractivity contribution is -0.116. The van der Waals surface area contributed by atoms with Crippen LogP contribution in [0.25, 0.3) is 6.08 Å². The number of nitrogens with one attached hydrogen (secondary N) is 2. The summed E-state index contributed by atoms with van der Waals surface area (Å²) < 4.78 is 0. The molecule has 35 heavy (non-hydrogen) atoms. The van der Waals surface area contributed by atoms with Crippen molar-refractivity contribution in [1.29, 1.82) is 0 Å². The molecular weight excluding hydrogens is 507 g/mol. The smallest absolute Gasteiger partial charge is 0.321 e. The number of halogens is 3. The topological polar surface area (TPSA) is 64.7 Å². The maximum Gasteiger partial charge on any atom is 0.321 e. The third-order valence-electron chi connectivity index (χ3n) is 5.79. The minimum atomic E-state index is -0.124. The number of unbranched alkanes of at least 4 members (excludes halogenated alkanes) is 2. The zero-order chi connectivity index (χ0) is 25.0. The molecule has 0 bridgehead atoms. The second-order valence-electron chi connectivity index (χ2n) is 8.48. The van der Waals surface area contributed by atoms with Crippen LogP contribution in [0.1, 0.15) is 31.2 Å². The van der Waals surface area contributed by atoms with Gasteiger partial charge in [0.15, 0.2) is 0 Å². The van der Waals surface area contributed by atoms with Gasteiger partial charge in [0.2, 0.25) is 5.91 Å². The summed E-state index contributed by atoms with van der Waals surface area (Å²) >= 11 is 17.8. The lowest BCUT2D eigenvalue weighted by atomic mass is 10.2. The Bertz CT molecular complexity index is 1010. The zero-order valence-electron chi connectivity index (χ0n) is 19.6. The van der Waals surface area contributed by atoms with Crippen LogP contribution >= 0.6 is 34.8 Å². The van der Waals surface area contributed by atoms with Crippen molar-refractivity contribution in [3.05, 3.63) is 69.2 Å². The van der Waals surface area contributed by atoms with Crippen LogP contribution in [0.3, 0.4) is 0 Å². The molecule has 0 radical (unpaired) electrons. The fraction of sp³-hybridized carbons (Fsp3) is 0.385. The van der Waals surface area contributed by atoms with E-state index in [4.69, 9.17) is 34.8 Å². The number of nitrogens with zero attached hydrogens (tertiary/aromatic N) is 2. The Hall–Kier alpha value is -2.25. The number of carbonyl (C=O) groups excluding carboxylic acids is 2. The molecule has 9 heteroatoms. The third kappa shape index (κ3) is 9.73. The molecule has 2 aromatic rings. The van der Waals surface area contributed by atoms with Gasteiger partial charge in [0.25, 0.3) is 0 Å². The molecule has 6 nitrogen and oxygen atoms in total. The van der Waals surface area contributed by atoms with Crippen molar-refractivity contribution in [2.24, 2.45) is 0 Å². The molecule has 1 fully saturated rings. The van der Waals surface area contributed by atoms with Crippen molar-refractivity contribution in [3.63, 3.8) is 0 Å². The molecule has 0 aromatic heterocycles. The summed E-state index contributed by atoms with van der Waals surface area (Å²) in [6.45, 7) is 4.95. The average Bonchev–Trinajstić information content (AvgIpc) is 3.09. The standard InChI is InChI=1S/C26H31Cl3N4O2/c27-21-7-9-22(10-8-21)31-26(35)33-16-4-15-32(17-18-33)14-3-1-2-13-30-25(34)12-6-20-5-11-23(28)24(29)19-20/h5-12,19H,1-4,13-18H2,(H,30,34)(H,31,35)/b12-6+. The predicted octanol–water partition coefficient (Wildman–Crippen LogP) is 6.19. The van der Waals surface area contributed by atoms with Gasteiger partial charge >= 0.3 is 6.03 Å². The van der Waals surface area contributed by atoms with Gasteiger partial charge in [-0.2, -0.15) is 0 Å². The number of rotatable bonds is 9. The van der Waals surface area contributed by atoms with Crippen LogP contribution in [0.4, 0.5) is 10.5 Å². The number of anilines is 1. The SMILES string of the molecule is O=C(/C=C/c1ccc(Cl)c(Cl)c1)NCCCCCN1CCCN(C(=O)Nc2ccc(Cl)cc2)CC1. The molecule has 1 heterocycles. The highest BCUT2D eigenvalue weighted by Gasteiger charge is 2.19. The van der Waals surface area contributed by atoms with Gasteiger partial charge in [-0.3, -0.25) is 4.79 Å². The average molecular weight is 538 g/mol. The first-order valence-electron chi connectivity index (χ1n) is 11.9. The Morgan fingerprint density at radius 3 is 2.46 bits per heavy atom. The number of urea groups is 1. The molecule has 1 aliphatic heterocycles. The molecule has 0 aliphatic carbocycles. The molecule has 1 aliphatic rings. The number of hydrogen-bond donors (Lipinski definition) is 2. The molecule has 2 N–H and O–H groups in total. The summed E-state index contributed by atoms with van der Waals surface area (Å²) in [7, 11) is 0. The van der Waals surface area contributed by atoms with Crippen LogP contribution < -0.4 is 10.6 Å². The zero-order valence-corrected chi connectivity index (χ0v) is 21.9. The van der Waals surface area contributed by atoms with E-state index in [1.165, 1.54) is 6.08 Å². The third-order valence-corrected chi connectivity index (χ3v) is 6.78. The van der Waals surface area contributed by atoms with E-state index in [-0.39, 0.29) is 11.9 Å². The van der Waals surface area contributed by atoms with E-state index in [9.17, 15) is 9.59 Å². The molecule has 3 amide bonds. The number of hydrogen-bond acceptors (Lipinski definition) is 3. The summed E-state index contributed by atoms with van der Waals surface area (Å²) in [6, 6.07) is 12.3. The second-order valence-corrected chi connectivity index (χ2v) is 9.73. The largest absolute Gasteiger partial charge is 0.353 e. The van der Waals surface area contributed by atoms with Crippen molar-refractivity contribution in [3.8, 4) is 0 Å². The number of amides is 3. The van der Waals surface area contributed by atoms with Crippen LogP contribution in [0.5, 0.6) is 0 Å². The Kier molecular flexibility index (Phi) is 11.2. The summed E-state index contributed by atoms with van der Waals surface area (Å²) in [4.78, 5) is 28.8. The van der Waals surface area contributed by atoms with Crippen molar-refractivity contribution in [2.45, 2.75) is 25.7 Å². The van der Waals surface area contributed by atoms with Gasteiger partial charge in [-0.1, -0.05) is 47.3 Å². The number of carbonyl (C=O) groups is 2. The van der Waals surface area contributed by atoms with E-state index < -0.39 is 0 Å². The highest BCUT2D eigenvalue weighted by atomic mass is 35.5. The van der Waals surface area contributed by atoms with Crippen LogP contribution in [0.15, 0.2) is 48.5 Å². The van der Waals surface area contributed by atoms with Crippen LogP contribution in [-0.2, 0) is 4.79 Å². The van der Waals surface area contributed by atoms with Gasteiger partial charge in [0, 0.05) is 43.0 Å².